The highest BCUT2D eigenvalue weighted by Crippen LogP contribution is 2.41. The molecule has 6 atom stereocenters. The first-order chi connectivity index (χ1) is 29.4. The van der Waals surface area contributed by atoms with Crippen LogP contribution >= 0.6 is 0 Å². The van der Waals surface area contributed by atoms with Crippen LogP contribution in [0.25, 0.3) is 0 Å². The largest absolute Gasteiger partial charge is 0.411 e. The van der Waals surface area contributed by atoms with Crippen molar-refractivity contribution in [1.82, 2.24) is 0 Å². The van der Waals surface area contributed by atoms with E-state index in [1.807, 2.05) is 6.07 Å². The average Bonchev–Trinajstić information content (AvgIpc) is 3.22. The molecule has 1 saturated heterocycles. The van der Waals surface area contributed by atoms with Gasteiger partial charge in [0.2, 0.25) is 0 Å². The lowest BCUT2D eigenvalue weighted by Crippen LogP contribution is -2.52. The molecule has 6 nitrogen and oxygen atoms in total. The lowest BCUT2D eigenvalue weighted by Gasteiger charge is -2.45. The Hall–Kier alpha value is -1.63. The molecule has 0 unspecified atom stereocenters. The summed E-state index contributed by atoms with van der Waals surface area (Å²) in [7, 11) is -4.13. The highest BCUT2D eigenvalue weighted by Gasteiger charge is 2.44. The molecule has 0 amide bonds. The van der Waals surface area contributed by atoms with Crippen molar-refractivity contribution < 1.29 is 28.2 Å². The second-order valence-corrected chi connectivity index (χ2v) is 31.0. The van der Waals surface area contributed by atoms with Gasteiger partial charge in [0, 0.05) is 6.61 Å². The highest BCUT2D eigenvalue weighted by atomic mass is 28.4. The molecule has 1 N–H and O–H groups in total. The van der Waals surface area contributed by atoms with E-state index in [2.05, 4.69) is 141 Å². The predicted molar refractivity (Wildman–Crippen MR) is 268 cm³/mol. The van der Waals surface area contributed by atoms with Crippen molar-refractivity contribution in [3.63, 3.8) is 0 Å². The molecule has 62 heavy (non-hydrogen) atoms. The van der Waals surface area contributed by atoms with Crippen LogP contribution in [0.4, 0.5) is 0 Å². The number of rotatable bonds is 31. The van der Waals surface area contributed by atoms with Gasteiger partial charge in [-0.25, -0.2) is 0 Å². The van der Waals surface area contributed by atoms with Crippen LogP contribution in [-0.2, 0) is 36.3 Å². The Morgan fingerprint density at radius 3 is 1.89 bits per heavy atom. The van der Waals surface area contributed by atoms with Crippen LogP contribution in [0.2, 0.25) is 36.3 Å². The second kappa shape index (κ2) is 28.4. The zero-order chi connectivity index (χ0) is 45.5. The molecule has 354 valence electrons. The average molecular weight is 896 g/mol. The normalized spacial score (nSPS) is 19.5. The number of hydrogen-bond donors (Lipinski definition) is 1. The number of hydrogen-bond acceptors (Lipinski definition) is 6. The SMILES string of the molecule is CCCCCC/C=C/CC[C@@H]1O[C@H]([C@H](CC[C@H](O)[C@@H](CCCCCCCCOCc2ccccc2)O[Si](C)(C)C(C)(C)C)OCc2ccccc2)CC[C@H]1O[Si](C)(C)C(C)(C)C. The molecule has 1 fully saturated rings. The maximum Gasteiger partial charge on any atom is 0.192 e. The number of ether oxygens (including phenoxy) is 3. The molecular formula is C54H94O6Si2. The van der Waals surface area contributed by atoms with Crippen molar-refractivity contribution in [1.29, 1.82) is 0 Å². The first kappa shape index (κ1) is 54.7. The Balaban J connectivity index is 1.67. The number of benzene rings is 2. The maximum atomic E-state index is 12.1. The molecule has 1 aliphatic rings. The van der Waals surface area contributed by atoms with Crippen molar-refractivity contribution in [3.05, 3.63) is 83.9 Å². The third-order valence-corrected chi connectivity index (χ3v) is 23.1. The van der Waals surface area contributed by atoms with Crippen LogP contribution in [0.1, 0.15) is 175 Å². The topological polar surface area (TPSA) is 66.4 Å². The minimum atomic E-state index is -2.12. The van der Waals surface area contributed by atoms with Gasteiger partial charge < -0.3 is 28.2 Å². The Labute approximate surface area is 383 Å². The van der Waals surface area contributed by atoms with E-state index in [0.29, 0.717) is 19.6 Å². The lowest BCUT2D eigenvalue weighted by atomic mass is 9.92. The molecular weight excluding hydrogens is 801 g/mol. The van der Waals surface area contributed by atoms with Gasteiger partial charge in [-0.2, -0.15) is 0 Å². The number of allylic oxidation sites excluding steroid dienone is 2. The van der Waals surface area contributed by atoms with Gasteiger partial charge in [0.05, 0.1) is 49.8 Å². The molecule has 8 heteroatoms. The predicted octanol–water partition coefficient (Wildman–Crippen LogP) is 15.3. The summed E-state index contributed by atoms with van der Waals surface area (Å²) in [4.78, 5) is 0. The summed E-state index contributed by atoms with van der Waals surface area (Å²) >= 11 is 0. The van der Waals surface area contributed by atoms with E-state index >= 15 is 0 Å². The van der Waals surface area contributed by atoms with Gasteiger partial charge in [0.1, 0.15) is 0 Å². The van der Waals surface area contributed by atoms with Crippen LogP contribution in [0.5, 0.6) is 0 Å². The Morgan fingerprint density at radius 1 is 0.677 bits per heavy atom. The molecule has 0 aromatic heterocycles. The Kier molecular flexibility index (Phi) is 25.1. The molecule has 2 aromatic rings. The molecule has 1 aliphatic heterocycles. The summed E-state index contributed by atoms with van der Waals surface area (Å²) in [6, 6.07) is 20.9. The summed E-state index contributed by atoms with van der Waals surface area (Å²) in [6.07, 6.45) is 23.1. The van der Waals surface area contributed by atoms with Crippen molar-refractivity contribution in [2.45, 2.75) is 250 Å². The van der Waals surface area contributed by atoms with Gasteiger partial charge in [-0.3, -0.25) is 0 Å². The van der Waals surface area contributed by atoms with Gasteiger partial charge in [-0.1, -0.05) is 173 Å². The van der Waals surface area contributed by atoms with Crippen LogP contribution in [0.3, 0.4) is 0 Å². The fraction of sp³-hybridized carbons (Fsp3) is 0.741. The molecule has 0 bridgehead atoms. The van der Waals surface area contributed by atoms with E-state index < -0.39 is 22.7 Å². The molecule has 0 spiro atoms. The Bertz CT molecular complexity index is 1450. The van der Waals surface area contributed by atoms with Crippen molar-refractivity contribution in [3.8, 4) is 0 Å². The quantitative estimate of drug-likeness (QED) is 0.0462. The lowest BCUT2D eigenvalue weighted by molar-refractivity contribution is -0.167. The summed E-state index contributed by atoms with van der Waals surface area (Å²) in [5.74, 6) is 0. The number of aliphatic hydroxyl groups is 1. The summed E-state index contributed by atoms with van der Waals surface area (Å²) in [5, 5.41) is 12.3. The zero-order valence-electron chi connectivity index (χ0n) is 41.7. The smallest absolute Gasteiger partial charge is 0.192 e. The van der Waals surface area contributed by atoms with E-state index in [1.165, 1.54) is 50.5 Å². The highest BCUT2D eigenvalue weighted by molar-refractivity contribution is 6.74. The molecule has 1 heterocycles. The van der Waals surface area contributed by atoms with Gasteiger partial charge >= 0.3 is 0 Å². The first-order valence-electron chi connectivity index (χ1n) is 25.0. The molecule has 0 aliphatic carbocycles. The second-order valence-electron chi connectivity index (χ2n) is 21.4. The maximum absolute atomic E-state index is 12.1. The Morgan fingerprint density at radius 2 is 1.26 bits per heavy atom. The van der Waals surface area contributed by atoms with Crippen LogP contribution in [0, 0.1) is 0 Å². The van der Waals surface area contributed by atoms with E-state index in [-0.39, 0.29) is 40.6 Å². The van der Waals surface area contributed by atoms with E-state index in [0.717, 1.165) is 76.4 Å². The van der Waals surface area contributed by atoms with E-state index in [4.69, 9.17) is 23.1 Å². The first-order valence-corrected chi connectivity index (χ1v) is 30.9. The van der Waals surface area contributed by atoms with Crippen molar-refractivity contribution in [2.24, 2.45) is 0 Å². The van der Waals surface area contributed by atoms with Crippen molar-refractivity contribution in [2.75, 3.05) is 6.61 Å². The van der Waals surface area contributed by atoms with Gasteiger partial charge in [-0.05, 0) is 112 Å². The number of unbranched alkanes of at least 4 members (excludes halogenated alkanes) is 9. The zero-order valence-corrected chi connectivity index (χ0v) is 43.7. The third kappa shape index (κ3) is 20.7. The van der Waals surface area contributed by atoms with Crippen LogP contribution < -0.4 is 0 Å². The minimum absolute atomic E-state index is 0.0110. The van der Waals surface area contributed by atoms with E-state index in [1.54, 1.807) is 0 Å². The van der Waals surface area contributed by atoms with Gasteiger partial charge in [0.15, 0.2) is 16.6 Å². The van der Waals surface area contributed by atoms with Gasteiger partial charge in [0.25, 0.3) is 0 Å². The van der Waals surface area contributed by atoms with E-state index in [9.17, 15) is 5.11 Å². The summed E-state index contributed by atoms with van der Waals surface area (Å²) in [5.41, 5.74) is 2.39. The molecule has 0 saturated carbocycles. The van der Waals surface area contributed by atoms with Crippen LogP contribution in [-0.4, -0.2) is 65.0 Å². The summed E-state index contributed by atoms with van der Waals surface area (Å²) < 4.78 is 34.1. The third-order valence-electron chi connectivity index (χ3n) is 14.0. The number of aliphatic hydroxyl groups excluding tert-OH is 1. The minimum Gasteiger partial charge on any atom is -0.411 e. The van der Waals surface area contributed by atoms with Crippen LogP contribution in [0.15, 0.2) is 72.8 Å². The standard InChI is InChI=1S/C54H94O6Si2/c1-12-13-14-15-16-17-21-30-37-50-52(60-62(10,11)54(5,6)7)41-40-51(58-50)49(57-44-46-34-27-24-28-35-46)39-38-47(55)48(59-61(8,9)53(2,3)4)36-29-20-18-19-22-31-42-56-43-45-32-25-23-26-33-45/h17,21,23-28,32-35,47-52,55H,12-16,18-20,22,29-31,36-44H2,1-11H3/b21-17+/t47-,48+,49-,50-,51-,52+/m0/s1. The molecule has 2 aromatic carbocycles. The fourth-order valence-electron chi connectivity index (χ4n) is 7.88. The molecule has 0 radical (unpaired) electrons. The molecule has 3 rings (SSSR count). The van der Waals surface area contributed by atoms with Crippen molar-refractivity contribution >= 4 is 16.6 Å². The fourth-order valence-corrected chi connectivity index (χ4v) is 10.6. The summed E-state index contributed by atoms with van der Waals surface area (Å²) in [6.45, 7) is 27.5. The van der Waals surface area contributed by atoms with Gasteiger partial charge in [-0.15, -0.1) is 0 Å². The monoisotopic (exact) mass is 895 g/mol.